The summed E-state index contributed by atoms with van der Waals surface area (Å²) in [4.78, 5) is 16.4. The van der Waals surface area contributed by atoms with E-state index in [4.69, 9.17) is 5.73 Å². The van der Waals surface area contributed by atoms with Crippen molar-refractivity contribution in [3.8, 4) is 0 Å². The molecule has 0 bridgehead atoms. The first-order valence-electron chi connectivity index (χ1n) is 8.24. The van der Waals surface area contributed by atoms with E-state index in [1.54, 1.807) is 0 Å². The molecule has 3 atom stereocenters. The van der Waals surface area contributed by atoms with E-state index in [9.17, 15) is 4.79 Å². The van der Waals surface area contributed by atoms with Crippen LogP contribution >= 0.6 is 0 Å². The van der Waals surface area contributed by atoms with E-state index in [2.05, 4.69) is 36.1 Å². The van der Waals surface area contributed by atoms with Gasteiger partial charge in [-0.3, -0.25) is 4.79 Å². The standard InChI is InChI=1S/C16H34N4O/c1-6-18-16(3,15(17)21)9-7-8-10-20-11-13(2)14(12-20)19(4)5/h13-14,18H,6-12H2,1-5H3,(H2,17,21). The molecule has 0 aliphatic carbocycles. The van der Waals surface area contributed by atoms with E-state index in [1.165, 1.54) is 6.54 Å². The molecule has 1 amide bonds. The highest BCUT2D eigenvalue weighted by Crippen LogP contribution is 2.21. The van der Waals surface area contributed by atoms with Crippen LogP contribution in [0.15, 0.2) is 0 Å². The smallest absolute Gasteiger partial charge is 0.237 e. The quantitative estimate of drug-likeness (QED) is 0.621. The van der Waals surface area contributed by atoms with Crippen LogP contribution in [0.25, 0.3) is 0 Å². The molecule has 21 heavy (non-hydrogen) atoms. The van der Waals surface area contributed by atoms with E-state index >= 15 is 0 Å². The van der Waals surface area contributed by atoms with Crippen molar-refractivity contribution >= 4 is 5.91 Å². The second-order valence-electron chi connectivity index (χ2n) is 6.95. The molecule has 0 aromatic carbocycles. The van der Waals surface area contributed by atoms with E-state index in [0.29, 0.717) is 6.04 Å². The van der Waals surface area contributed by atoms with Crippen LogP contribution in [-0.4, -0.2) is 67.6 Å². The predicted molar refractivity (Wildman–Crippen MR) is 88.2 cm³/mol. The summed E-state index contributed by atoms with van der Waals surface area (Å²) in [5, 5.41) is 3.22. The van der Waals surface area contributed by atoms with Crippen molar-refractivity contribution in [1.29, 1.82) is 0 Å². The van der Waals surface area contributed by atoms with Crippen LogP contribution in [0.2, 0.25) is 0 Å². The Morgan fingerprint density at radius 3 is 2.52 bits per heavy atom. The van der Waals surface area contributed by atoms with Gasteiger partial charge in [-0.15, -0.1) is 0 Å². The van der Waals surface area contributed by atoms with Gasteiger partial charge in [0.2, 0.25) is 5.91 Å². The molecule has 0 saturated carbocycles. The Bertz CT molecular complexity index is 334. The Labute approximate surface area is 130 Å². The molecule has 0 aromatic rings. The van der Waals surface area contributed by atoms with Crippen molar-refractivity contribution < 1.29 is 4.79 Å². The molecule has 3 unspecified atom stereocenters. The van der Waals surface area contributed by atoms with Crippen molar-refractivity contribution in [2.45, 2.75) is 51.6 Å². The third-order valence-corrected chi connectivity index (χ3v) is 4.82. The minimum atomic E-state index is -0.556. The van der Waals surface area contributed by atoms with Gasteiger partial charge < -0.3 is 20.9 Å². The summed E-state index contributed by atoms with van der Waals surface area (Å²) >= 11 is 0. The molecule has 5 nitrogen and oxygen atoms in total. The number of carbonyl (C=O) groups excluding carboxylic acids is 1. The number of unbranched alkanes of at least 4 members (excludes halogenated alkanes) is 1. The first-order chi connectivity index (χ1) is 9.80. The highest BCUT2D eigenvalue weighted by atomic mass is 16.1. The Hall–Kier alpha value is -0.650. The topological polar surface area (TPSA) is 61.6 Å². The predicted octanol–water partition coefficient (Wildman–Crippen LogP) is 0.892. The average Bonchev–Trinajstić information content (AvgIpc) is 2.76. The highest BCUT2D eigenvalue weighted by Gasteiger charge is 2.31. The maximum Gasteiger partial charge on any atom is 0.237 e. The third kappa shape index (κ3) is 5.24. The van der Waals surface area contributed by atoms with Crippen molar-refractivity contribution in [3.63, 3.8) is 0 Å². The molecule has 1 aliphatic heterocycles. The van der Waals surface area contributed by atoms with Crippen LogP contribution in [-0.2, 0) is 4.79 Å². The number of nitrogens with zero attached hydrogens (tertiary/aromatic N) is 2. The molecule has 3 N–H and O–H groups in total. The summed E-state index contributed by atoms with van der Waals surface area (Å²) < 4.78 is 0. The molecule has 1 heterocycles. The van der Waals surface area contributed by atoms with Crippen molar-refractivity contribution in [2.24, 2.45) is 11.7 Å². The second-order valence-corrected chi connectivity index (χ2v) is 6.95. The van der Waals surface area contributed by atoms with Gasteiger partial charge in [0.05, 0.1) is 5.54 Å². The summed E-state index contributed by atoms with van der Waals surface area (Å²) in [6, 6.07) is 0.669. The fourth-order valence-electron chi connectivity index (χ4n) is 3.41. The monoisotopic (exact) mass is 298 g/mol. The normalized spacial score (nSPS) is 26.2. The molecule has 0 radical (unpaired) electrons. The van der Waals surface area contributed by atoms with Gasteiger partial charge in [-0.05, 0) is 59.3 Å². The van der Waals surface area contributed by atoms with Crippen LogP contribution < -0.4 is 11.1 Å². The molecule has 1 fully saturated rings. The highest BCUT2D eigenvalue weighted by molar-refractivity contribution is 5.84. The number of hydrogen-bond acceptors (Lipinski definition) is 4. The molecular formula is C16H34N4O. The zero-order chi connectivity index (χ0) is 16.0. The van der Waals surface area contributed by atoms with Crippen molar-refractivity contribution in [1.82, 2.24) is 15.1 Å². The Balaban J connectivity index is 2.30. The second kappa shape index (κ2) is 8.11. The first-order valence-corrected chi connectivity index (χ1v) is 8.24. The molecule has 0 aromatic heterocycles. The van der Waals surface area contributed by atoms with Gasteiger partial charge in [0.15, 0.2) is 0 Å². The SMILES string of the molecule is CCNC(C)(CCCCN1CC(C)C(N(C)C)C1)C(N)=O. The van der Waals surface area contributed by atoms with Gasteiger partial charge in [-0.1, -0.05) is 13.8 Å². The van der Waals surface area contributed by atoms with Gasteiger partial charge in [0, 0.05) is 19.1 Å². The molecule has 0 spiro atoms. The van der Waals surface area contributed by atoms with Crippen LogP contribution in [0.5, 0.6) is 0 Å². The average molecular weight is 298 g/mol. The molecular weight excluding hydrogens is 264 g/mol. The molecule has 1 saturated heterocycles. The minimum Gasteiger partial charge on any atom is -0.368 e. The maximum atomic E-state index is 11.6. The van der Waals surface area contributed by atoms with Crippen molar-refractivity contribution in [3.05, 3.63) is 0 Å². The van der Waals surface area contributed by atoms with Crippen molar-refractivity contribution in [2.75, 3.05) is 40.3 Å². The lowest BCUT2D eigenvalue weighted by atomic mass is 9.94. The van der Waals surface area contributed by atoms with E-state index in [1.807, 2.05) is 13.8 Å². The van der Waals surface area contributed by atoms with Gasteiger partial charge in [0.25, 0.3) is 0 Å². The third-order valence-electron chi connectivity index (χ3n) is 4.82. The lowest BCUT2D eigenvalue weighted by Crippen LogP contribution is -2.53. The van der Waals surface area contributed by atoms with Gasteiger partial charge >= 0.3 is 0 Å². The van der Waals surface area contributed by atoms with Gasteiger partial charge in [-0.2, -0.15) is 0 Å². The number of amides is 1. The number of carbonyl (C=O) groups is 1. The van der Waals surface area contributed by atoms with E-state index < -0.39 is 5.54 Å². The summed E-state index contributed by atoms with van der Waals surface area (Å²) in [5.74, 6) is 0.490. The lowest BCUT2D eigenvalue weighted by Gasteiger charge is -2.27. The minimum absolute atomic E-state index is 0.244. The van der Waals surface area contributed by atoms with E-state index in [-0.39, 0.29) is 5.91 Å². The molecule has 124 valence electrons. The number of likely N-dealkylation sites (N-methyl/N-ethyl adjacent to an activating group) is 2. The zero-order valence-corrected chi connectivity index (χ0v) is 14.5. The fourth-order valence-corrected chi connectivity index (χ4v) is 3.41. The summed E-state index contributed by atoms with van der Waals surface area (Å²) in [6.07, 6.45) is 2.97. The number of hydrogen-bond donors (Lipinski definition) is 2. The number of rotatable bonds is 9. The fraction of sp³-hybridized carbons (Fsp3) is 0.938. The number of nitrogens with two attached hydrogens (primary N) is 1. The first kappa shape index (κ1) is 18.4. The zero-order valence-electron chi connectivity index (χ0n) is 14.5. The molecule has 5 heteroatoms. The summed E-state index contributed by atoms with van der Waals surface area (Å²) in [7, 11) is 4.33. The Morgan fingerprint density at radius 1 is 1.38 bits per heavy atom. The van der Waals surface area contributed by atoms with E-state index in [0.717, 1.165) is 44.8 Å². The molecule has 1 aliphatic rings. The van der Waals surface area contributed by atoms with Gasteiger partial charge in [0.1, 0.15) is 0 Å². The lowest BCUT2D eigenvalue weighted by molar-refractivity contribution is -0.124. The number of primary amides is 1. The largest absolute Gasteiger partial charge is 0.368 e. The number of nitrogens with one attached hydrogen (secondary N) is 1. The number of likely N-dealkylation sites (tertiary alicyclic amines) is 1. The molecule has 1 rings (SSSR count). The Kier molecular flexibility index (Phi) is 7.10. The summed E-state index contributed by atoms with van der Waals surface area (Å²) in [6.45, 7) is 10.5. The van der Waals surface area contributed by atoms with Gasteiger partial charge in [-0.25, -0.2) is 0 Å². The summed E-state index contributed by atoms with van der Waals surface area (Å²) in [5.41, 5.74) is 4.96. The maximum absolute atomic E-state index is 11.6. The van der Waals surface area contributed by atoms with Crippen LogP contribution in [0.3, 0.4) is 0 Å². The van der Waals surface area contributed by atoms with Crippen LogP contribution in [0, 0.1) is 5.92 Å². The van der Waals surface area contributed by atoms with Crippen LogP contribution in [0.1, 0.15) is 40.0 Å². The Morgan fingerprint density at radius 2 is 2.05 bits per heavy atom. The van der Waals surface area contributed by atoms with Crippen LogP contribution in [0.4, 0.5) is 0 Å².